The Morgan fingerprint density at radius 1 is 1.40 bits per heavy atom. The lowest BCUT2D eigenvalue weighted by Crippen LogP contribution is -2.27. The van der Waals surface area contributed by atoms with Gasteiger partial charge in [0.05, 0.1) is 4.90 Å². The molecule has 0 saturated carbocycles. The predicted molar refractivity (Wildman–Crippen MR) is 61.5 cm³/mol. The van der Waals surface area contributed by atoms with Crippen LogP contribution in [0, 0.1) is 5.92 Å². The van der Waals surface area contributed by atoms with Crippen LogP contribution in [0.25, 0.3) is 0 Å². The minimum atomic E-state index is -3.41. The van der Waals surface area contributed by atoms with Crippen LogP contribution >= 0.6 is 11.6 Å². The Balaban J connectivity index is 2.87. The third-order valence-corrected chi connectivity index (χ3v) is 3.44. The van der Waals surface area contributed by atoms with Gasteiger partial charge in [0.1, 0.15) is 0 Å². The summed E-state index contributed by atoms with van der Waals surface area (Å²) in [6.07, 6.45) is 0. The second-order valence-electron chi connectivity index (χ2n) is 3.70. The molecule has 1 rings (SSSR count). The standard InChI is InChI=1S/C10H14ClNO2S/c1-8(2)7-12-15(13,14)10-5-3-4-9(11)6-10/h3-6,8,12H,7H2,1-2H3. The van der Waals surface area contributed by atoms with Crippen molar-refractivity contribution in [1.82, 2.24) is 4.72 Å². The van der Waals surface area contributed by atoms with E-state index in [1.807, 2.05) is 13.8 Å². The van der Waals surface area contributed by atoms with Gasteiger partial charge in [0, 0.05) is 11.6 Å². The Labute approximate surface area is 95.5 Å². The smallest absolute Gasteiger partial charge is 0.211 e. The van der Waals surface area contributed by atoms with E-state index in [0.29, 0.717) is 11.6 Å². The molecule has 0 fully saturated rings. The summed E-state index contributed by atoms with van der Waals surface area (Å²) in [5.41, 5.74) is 0. The normalized spacial score (nSPS) is 12.0. The minimum absolute atomic E-state index is 0.204. The van der Waals surface area contributed by atoms with Crippen molar-refractivity contribution in [2.75, 3.05) is 6.54 Å². The highest BCUT2D eigenvalue weighted by molar-refractivity contribution is 7.89. The maximum absolute atomic E-state index is 11.7. The molecule has 5 heteroatoms. The lowest BCUT2D eigenvalue weighted by atomic mass is 10.2. The van der Waals surface area contributed by atoms with Crippen LogP contribution in [-0.4, -0.2) is 15.0 Å². The van der Waals surface area contributed by atoms with E-state index in [1.165, 1.54) is 12.1 Å². The summed E-state index contributed by atoms with van der Waals surface area (Å²) in [4.78, 5) is 0.204. The van der Waals surface area contributed by atoms with Gasteiger partial charge in [-0.1, -0.05) is 31.5 Å². The first kappa shape index (κ1) is 12.5. The van der Waals surface area contributed by atoms with E-state index in [2.05, 4.69) is 4.72 Å². The van der Waals surface area contributed by atoms with E-state index in [1.54, 1.807) is 12.1 Å². The summed E-state index contributed by atoms with van der Waals surface area (Å²) in [5.74, 6) is 0.277. The van der Waals surface area contributed by atoms with Crippen molar-refractivity contribution < 1.29 is 8.42 Å². The molecule has 0 aliphatic carbocycles. The molecule has 0 spiro atoms. The number of hydrogen-bond donors (Lipinski definition) is 1. The fourth-order valence-corrected chi connectivity index (χ4v) is 2.51. The molecule has 0 radical (unpaired) electrons. The van der Waals surface area contributed by atoms with Crippen molar-refractivity contribution in [2.24, 2.45) is 5.92 Å². The zero-order valence-corrected chi connectivity index (χ0v) is 10.3. The van der Waals surface area contributed by atoms with Gasteiger partial charge in [-0.05, 0) is 24.1 Å². The molecular formula is C10H14ClNO2S. The van der Waals surface area contributed by atoms with Crippen molar-refractivity contribution in [2.45, 2.75) is 18.7 Å². The molecule has 1 aromatic rings. The summed E-state index contributed by atoms with van der Waals surface area (Å²) in [6, 6.07) is 6.22. The lowest BCUT2D eigenvalue weighted by molar-refractivity contribution is 0.560. The minimum Gasteiger partial charge on any atom is -0.211 e. The summed E-state index contributed by atoms with van der Waals surface area (Å²) >= 11 is 5.72. The fourth-order valence-electron chi connectivity index (χ4n) is 0.994. The van der Waals surface area contributed by atoms with Gasteiger partial charge in [0.25, 0.3) is 0 Å². The van der Waals surface area contributed by atoms with Gasteiger partial charge in [-0.2, -0.15) is 0 Å². The van der Waals surface area contributed by atoms with E-state index >= 15 is 0 Å². The maximum Gasteiger partial charge on any atom is 0.240 e. The molecule has 0 atom stereocenters. The molecule has 1 aromatic carbocycles. The van der Waals surface area contributed by atoms with Gasteiger partial charge in [-0.25, -0.2) is 13.1 Å². The topological polar surface area (TPSA) is 46.2 Å². The van der Waals surface area contributed by atoms with Crippen molar-refractivity contribution >= 4 is 21.6 Å². The molecule has 0 aromatic heterocycles. The van der Waals surface area contributed by atoms with E-state index in [4.69, 9.17) is 11.6 Å². The quantitative estimate of drug-likeness (QED) is 0.887. The fraction of sp³-hybridized carbons (Fsp3) is 0.400. The highest BCUT2D eigenvalue weighted by Gasteiger charge is 2.13. The van der Waals surface area contributed by atoms with Crippen LogP contribution in [0.5, 0.6) is 0 Å². The van der Waals surface area contributed by atoms with Crippen LogP contribution in [0.2, 0.25) is 5.02 Å². The first-order valence-corrected chi connectivity index (χ1v) is 6.53. The maximum atomic E-state index is 11.7. The monoisotopic (exact) mass is 247 g/mol. The molecule has 0 aliphatic rings. The molecular weight excluding hydrogens is 234 g/mol. The van der Waals surface area contributed by atoms with Gasteiger partial charge in [-0.3, -0.25) is 0 Å². The second-order valence-corrected chi connectivity index (χ2v) is 5.91. The summed E-state index contributed by atoms with van der Waals surface area (Å²) in [6.45, 7) is 4.32. The zero-order chi connectivity index (χ0) is 11.5. The van der Waals surface area contributed by atoms with Crippen molar-refractivity contribution in [3.05, 3.63) is 29.3 Å². The molecule has 84 valence electrons. The molecule has 15 heavy (non-hydrogen) atoms. The summed E-state index contributed by atoms with van der Waals surface area (Å²) in [7, 11) is -3.41. The van der Waals surface area contributed by atoms with Crippen LogP contribution < -0.4 is 4.72 Å². The Bertz CT molecular complexity index is 429. The second kappa shape index (κ2) is 4.96. The van der Waals surface area contributed by atoms with Gasteiger partial charge >= 0.3 is 0 Å². The number of benzene rings is 1. The highest BCUT2D eigenvalue weighted by atomic mass is 35.5. The number of hydrogen-bond acceptors (Lipinski definition) is 2. The Kier molecular flexibility index (Phi) is 4.13. The van der Waals surface area contributed by atoms with E-state index in [-0.39, 0.29) is 10.8 Å². The number of rotatable bonds is 4. The van der Waals surface area contributed by atoms with Crippen LogP contribution in [0.1, 0.15) is 13.8 Å². The SMILES string of the molecule is CC(C)CNS(=O)(=O)c1cccc(Cl)c1. The average Bonchev–Trinajstić information content (AvgIpc) is 2.15. The zero-order valence-electron chi connectivity index (χ0n) is 8.70. The highest BCUT2D eigenvalue weighted by Crippen LogP contribution is 2.15. The number of halogens is 1. The first-order valence-electron chi connectivity index (χ1n) is 4.67. The Hall–Kier alpha value is -0.580. The van der Waals surface area contributed by atoms with Gasteiger partial charge in [-0.15, -0.1) is 0 Å². The molecule has 3 nitrogen and oxygen atoms in total. The molecule has 0 amide bonds. The molecule has 1 N–H and O–H groups in total. The van der Waals surface area contributed by atoms with Crippen LogP contribution in [0.4, 0.5) is 0 Å². The Morgan fingerprint density at radius 2 is 2.07 bits per heavy atom. The third-order valence-electron chi connectivity index (χ3n) is 1.79. The van der Waals surface area contributed by atoms with E-state index in [0.717, 1.165) is 0 Å². The Morgan fingerprint density at radius 3 is 2.60 bits per heavy atom. The van der Waals surface area contributed by atoms with E-state index in [9.17, 15) is 8.42 Å². The number of sulfonamides is 1. The largest absolute Gasteiger partial charge is 0.240 e. The first-order chi connectivity index (χ1) is 6.92. The molecule has 0 bridgehead atoms. The molecule has 0 unspecified atom stereocenters. The third kappa shape index (κ3) is 3.81. The lowest BCUT2D eigenvalue weighted by Gasteiger charge is -2.08. The summed E-state index contributed by atoms with van der Waals surface area (Å²) in [5, 5.41) is 0.419. The van der Waals surface area contributed by atoms with Crippen LogP contribution in [0.15, 0.2) is 29.2 Å². The van der Waals surface area contributed by atoms with Crippen LogP contribution in [0.3, 0.4) is 0 Å². The molecule has 0 aliphatic heterocycles. The average molecular weight is 248 g/mol. The van der Waals surface area contributed by atoms with Crippen molar-refractivity contribution in [1.29, 1.82) is 0 Å². The van der Waals surface area contributed by atoms with E-state index < -0.39 is 10.0 Å². The summed E-state index contributed by atoms with van der Waals surface area (Å²) < 4.78 is 26.0. The van der Waals surface area contributed by atoms with Gasteiger partial charge < -0.3 is 0 Å². The number of nitrogens with one attached hydrogen (secondary N) is 1. The molecule has 0 heterocycles. The predicted octanol–water partition coefficient (Wildman–Crippen LogP) is 2.27. The van der Waals surface area contributed by atoms with Gasteiger partial charge in [0.2, 0.25) is 10.0 Å². The van der Waals surface area contributed by atoms with Crippen molar-refractivity contribution in [3.63, 3.8) is 0 Å². The molecule has 0 saturated heterocycles. The van der Waals surface area contributed by atoms with Gasteiger partial charge in [0.15, 0.2) is 0 Å². The van der Waals surface area contributed by atoms with Crippen LogP contribution in [-0.2, 0) is 10.0 Å². The van der Waals surface area contributed by atoms with Crippen molar-refractivity contribution in [3.8, 4) is 0 Å².